The van der Waals surface area contributed by atoms with Crippen LogP contribution in [-0.2, 0) is 6.54 Å². The highest BCUT2D eigenvalue weighted by Gasteiger charge is 2.19. The lowest BCUT2D eigenvalue weighted by atomic mass is 9.96. The SMILES string of the molecule is CNCC1CCN(Cc2cc(OC)ccc2OC)CC1.Cl. The van der Waals surface area contributed by atoms with Crippen LogP contribution in [0.5, 0.6) is 11.5 Å². The molecule has 0 amide bonds. The zero-order valence-electron chi connectivity index (χ0n) is 13.2. The fraction of sp³-hybridized carbons (Fsp3) is 0.625. The molecule has 0 aromatic heterocycles. The molecule has 1 saturated heterocycles. The Balaban J connectivity index is 0.00000220. The molecule has 0 spiro atoms. The predicted molar refractivity (Wildman–Crippen MR) is 88.7 cm³/mol. The van der Waals surface area contributed by atoms with Crippen molar-refractivity contribution in [2.24, 2.45) is 5.92 Å². The average molecular weight is 315 g/mol. The zero-order valence-corrected chi connectivity index (χ0v) is 14.0. The number of rotatable bonds is 6. The van der Waals surface area contributed by atoms with Gasteiger partial charge in [-0.1, -0.05) is 0 Å². The van der Waals surface area contributed by atoms with Crippen LogP contribution in [0.2, 0.25) is 0 Å². The molecule has 2 rings (SSSR count). The maximum absolute atomic E-state index is 5.45. The van der Waals surface area contributed by atoms with E-state index in [-0.39, 0.29) is 12.4 Å². The highest BCUT2D eigenvalue weighted by atomic mass is 35.5. The van der Waals surface area contributed by atoms with Gasteiger partial charge >= 0.3 is 0 Å². The first-order chi connectivity index (χ1) is 9.76. The summed E-state index contributed by atoms with van der Waals surface area (Å²) in [4.78, 5) is 2.50. The van der Waals surface area contributed by atoms with Crippen LogP contribution in [0.25, 0.3) is 0 Å². The minimum atomic E-state index is 0. The van der Waals surface area contributed by atoms with Gasteiger partial charge in [0.05, 0.1) is 14.2 Å². The van der Waals surface area contributed by atoms with Crippen molar-refractivity contribution in [2.75, 3.05) is 40.9 Å². The van der Waals surface area contributed by atoms with Gasteiger partial charge in [0, 0.05) is 12.1 Å². The van der Waals surface area contributed by atoms with Crippen molar-refractivity contribution >= 4 is 12.4 Å². The molecule has 1 aromatic carbocycles. The number of piperidine rings is 1. The smallest absolute Gasteiger partial charge is 0.123 e. The van der Waals surface area contributed by atoms with Gasteiger partial charge in [0.2, 0.25) is 0 Å². The van der Waals surface area contributed by atoms with Crippen LogP contribution in [0.4, 0.5) is 0 Å². The molecule has 1 aromatic rings. The molecule has 5 heteroatoms. The molecule has 0 atom stereocenters. The van der Waals surface area contributed by atoms with Gasteiger partial charge in [-0.25, -0.2) is 0 Å². The Morgan fingerprint density at radius 2 is 1.90 bits per heavy atom. The fourth-order valence-electron chi connectivity index (χ4n) is 2.88. The molecule has 0 saturated carbocycles. The van der Waals surface area contributed by atoms with Crippen LogP contribution in [-0.4, -0.2) is 45.8 Å². The molecule has 0 aliphatic carbocycles. The van der Waals surface area contributed by atoms with E-state index in [4.69, 9.17) is 9.47 Å². The summed E-state index contributed by atoms with van der Waals surface area (Å²) in [5.41, 5.74) is 1.21. The Kier molecular flexibility index (Phi) is 7.86. The van der Waals surface area contributed by atoms with E-state index in [0.29, 0.717) is 0 Å². The van der Waals surface area contributed by atoms with Gasteiger partial charge in [-0.2, -0.15) is 0 Å². The fourth-order valence-corrected chi connectivity index (χ4v) is 2.88. The molecular formula is C16H27ClN2O2. The van der Waals surface area contributed by atoms with E-state index in [9.17, 15) is 0 Å². The van der Waals surface area contributed by atoms with Crippen LogP contribution < -0.4 is 14.8 Å². The molecule has 0 bridgehead atoms. The van der Waals surface area contributed by atoms with E-state index in [1.54, 1.807) is 14.2 Å². The molecule has 1 aliphatic heterocycles. The molecule has 21 heavy (non-hydrogen) atoms. The van der Waals surface area contributed by atoms with Crippen molar-refractivity contribution in [1.29, 1.82) is 0 Å². The number of hydrogen-bond acceptors (Lipinski definition) is 4. The molecule has 1 fully saturated rings. The molecule has 0 radical (unpaired) electrons. The third-order valence-electron chi connectivity index (χ3n) is 4.08. The lowest BCUT2D eigenvalue weighted by molar-refractivity contribution is 0.175. The average Bonchev–Trinajstić information content (AvgIpc) is 2.49. The lowest BCUT2D eigenvalue weighted by Crippen LogP contribution is -2.36. The van der Waals surface area contributed by atoms with Gasteiger partial charge in [0.25, 0.3) is 0 Å². The normalized spacial score (nSPS) is 16.3. The van der Waals surface area contributed by atoms with Crippen molar-refractivity contribution in [1.82, 2.24) is 10.2 Å². The van der Waals surface area contributed by atoms with Gasteiger partial charge < -0.3 is 14.8 Å². The Labute approximate surface area is 134 Å². The summed E-state index contributed by atoms with van der Waals surface area (Å²) in [5.74, 6) is 2.66. The summed E-state index contributed by atoms with van der Waals surface area (Å²) in [6.45, 7) is 4.39. The summed E-state index contributed by atoms with van der Waals surface area (Å²) in [5, 5.41) is 3.28. The highest BCUT2D eigenvalue weighted by molar-refractivity contribution is 5.85. The second-order valence-electron chi connectivity index (χ2n) is 5.45. The first-order valence-corrected chi connectivity index (χ1v) is 7.34. The maximum Gasteiger partial charge on any atom is 0.123 e. The predicted octanol–water partition coefficient (Wildman–Crippen LogP) is 2.56. The van der Waals surface area contributed by atoms with Crippen molar-refractivity contribution in [2.45, 2.75) is 19.4 Å². The van der Waals surface area contributed by atoms with Gasteiger partial charge in [-0.05, 0) is 63.6 Å². The zero-order chi connectivity index (χ0) is 14.4. The van der Waals surface area contributed by atoms with Crippen molar-refractivity contribution < 1.29 is 9.47 Å². The van der Waals surface area contributed by atoms with E-state index in [0.717, 1.165) is 43.6 Å². The van der Waals surface area contributed by atoms with Crippen LogP contribution >= 0.6 is 12.4 Å². The Hall–Kier alpha value is -0.970. The van der Waals surface area contributed by atoms with Gasteiger partial charge in [0.1, 0.15) is 11.5 Å². The number of methoxy groups -OCH3 is 2. The summed E-state index contributed by atoms with van der Waals surface area (Å²) >= 11 is 0. The van der Waals surface area contributed by atoms with Gasteiger partial charge in [-0.3, -0.25) is 4.90 Å². The van der Waals surface area contributed by atoms with Gasteiger partial charge in [0.15, 0.2) is 0 Å². The summed E-state index contributed by atoms with van der Waals surface area (Å²) in [6, 6.07) is 6.02. The Bertz CT molecular complexity index is 421. The summed E-state index contributed by atoms with van der Waals surface area (Å²) in [6.07, 6.45) is 2.54. The standard InChI is InChI=1S/C16H26N2O2.ClH/c1-17-11-13-6-8-18(9-7-13)12-14-10-15(19-2)4-5-16(14)20-3;/h4-5,10,13,17H,6-9,11-12H2,1-3H3;1H. The van der Waals surface area contributed by atoms with Crippen LogP contribution in [0.3, 0.4) is 0 Å². The highest BCUT2D eigenvalue weighted by Crippen LogP contribution is 2.27. The van der Waals surface area contributed by atoms with Crippen LogP contribution in [0, 0.1) is 5.92 Å². The number of ether oxygens (including phenoxy) is 2. The molecule has 1 N–H and O–H groups in total. The van der Waals surface area contributed by atoms with E-state index < -0.39 is 0 Å². The molecule has 1 heterocycles. The second-order valence-corrected chi connectivity index (χ2v) is 5.45. The number of nitrogens with one attached hydrogen (secondary N) is 1. The second kappa shape index (κ2) is 9.13. The van der Waals surface area contributed by atoms with Crippen molar-refractivity contribution in [3.8, 4) is 11.5 Å². The molecule has 120 valence electrons. The van der Waals surface area contributed by atoms with E-state index in [1.807, 2.05) is 19.2 Å². The summed E-state index contributed by atoms with van der Waals surface area (Å²) < 4.78 is 10.8. The largest absolute Gasteiger partial charge is 0.497 e. The topological polar surface area (TPSA) is 33.7 Å². The Morgan fingerprint density at radius 1 is 1.19 bits per heavy atom. The maximum atomic E-state index is 5.45. The van der Waals surface area contributed by atoms with Crippen molar-refractivity contribution in [3.63, 3.8) is 0 Å². The van der Waals surface area contributed by atoms with E-state index in [1.165, 1.54) is 18.4 Å². The quantitative estimate of drug-likeness (QED) is 0.875. The number of hydrogen-bond donors (Lipinski definition) is 1. The number of halogens is 1. The lowest BCUT2D eigenvalue weighted by Gasteiger charge is -2.32. The van der Waals surface area contributed by atoms with Crippen LogP contribution in [0.15, 0.2) is 18.2 Å². The molecule has 0 unspecified atom stereocenters. The van der Waals surface area contributed by atoms with E-state index in [2.05, 4.69) is 16.3 Å². The van der Waals surface area contributed by atoms with Crippen LogP contribution in [0.1, 0.15) is 18.4 Å². The minimum Gasteiger partial charge on any atom is -0.497 e. The van der Waals surface area contributed by atoms with E-state index >= 15 is 0 Å². The molecule has 1 aliphatic rings. The number of nitrogens with zero attached hydrogens (tertiary/aromatic N) is 1. The monoisotopic (exact) mass is 314 g/mol. The minimum absolute atomic E-state index is 0. The summed E-state index contributed by atoms with van der Waals surface area (Å²) in [7, 11) is 5.47. The number of likely N-dealkylation sites (tertiary alicyclic amines) is 1. The third-order valence-corrected chi connectivity index (χ3v) is 4.08. The first kappa shape index (κ1) is 18.1. The first-order valence-electron chi connectivity index (χ1n) is 7.34. The molecule has 4 nitrogen and oxygen atoms in total. The van der Waals surface area contributed by atoms with Crippen molar-refractivity contribution in [3.05, 3.63) is 23.8 Å². The number of benzene rings is 1. The third kappa shape index (κ3) is 5.06. The molecular weight excluding hydrogens is 288 g/mol. The van der Waals surface area contributed by atoms with Gasteiger partial charge in [-0.15, -0.1) is 12.4 Å². The Morgan fingerprint density at radius 3 is 2.48 bits per heavy atom.